The van der Waals surface area contributed by atoms with Crippen LogP contribution in [-0.4, -0.2) is 22.4 Å². The summed E-state index contributed by atoms with van der Waals surface area (Å²) in [4.78, 5) is 0. The lowest BCUT2D eigenvalue weighted by atomic mass is 10.1. The number of aliphatic hydroxyl groups excluding tert-OH is 1. The second-order valence-corrected chi connectivity index (χ2v) is 2.24. The Bertz CT molecular complexity index is 79.0. The van der Waals surface area contributed by atoms with Crippen LogP contribution in [0.2, 0.25) is 0 Å². The zero-order valence-corrected chi connectivity index (χ0v) is 5.26. The summed E-state index contributed by atoms with van der Waals surface area (Å²) in [7, 11) is 0. The van der Waals surface area contributed by atoms with E-state index in [1.165, 1.54) is 6.08 Å². The van der Waals surface area contributed by atoms with E-state index < -0.39 is 5.60 Å². The minimum Gasteiger partial charge on any atom is -0.392 e. The molecule has 2 heteroatoms. The quantitative estimate of drug-likeness (QED) is 0.509. The Morgan fingerprint density at radius 2 is 2.00 bits per heavy atom. The van der Waals surface area contributed by atoms with E-state index in [1.807, 2.05) is 0 Å². The third kappa shape index (κ3) is 5.66. The summed E-state index contributed by atoms with van der Waals surface area (Å²) in [6.45, 7) is 3.29. The van der Waals surface area contributed by atoms with Gasteiger partial charge in [-0.05, 0) is 13.8 Å². The van der Waals surface area contributed by atoms with Crippen molar-refractivity contribution in [2.75, 3.05) is 6.61 Å². The van der Waals surface area contributed by atoms with E-state index in [4.69, 9.17) is 10.2 Å². The van der Waals surface area contributed by atoms with Gasteiger partial charge in [-0.2, -0.15) is 0 Å². The van der Waals surface area contributed by atoms with Crippen LogP contribution < -0.4 is 0 Å². The van der Waals surface area contributed by atoms with E-state index in [-0.39, 0.29) is 6.61 Å². The third-order valence-corrected chi connectivity index (χ3v) is 0.631. The van der Waals surface area contributed by atoms with Crippen molar-refractivity contribution in [1.82, 2.24) is 0 Å². The Morgan fingerprint density at radius 1 is 1.50 bits per heavy atom. The van der Waals surface area contributed by atoms with E-state index in [2.05, 4.69) is 0 Å². The lowest BCUT2D eigenvalue weighted by Crippen LogP contribution is -2.13. The SMILES string of the molecule is CC(C)(O)C=CCO. The molecule has 0 saturated heterocycles. The molecule has 0 bridgehead atoms. The van der Waals surface area contributed by atoms with Gasteiger partial charge in [-0.3, -0.25) is 0 Å². The third-order valence-electron chi connectivity index (χ3n) is 0.631. The minimum absolute atomic E-state index is 0.00993. The van der Waals surface area contributed by atoms with Crippen LogP contribution in [0.4, 0.5) is 0 Å². The Hall–Kier alpha value is -0.340. The number of aliphatic hydroxyl groups is 2. The van der Waals surface area contributed by atoms with Gasteiger partial charge in [0.05, 0.1) is 12.2 Å². The van der Waals surface area contributed by atoms with Crippen LogP contribution >= 0.6 is 0 Å². The molecular formula is C6H12O2. The van der Waals surface area contributed by atoms with Gasteiger partial charge in [0, 0.05) is 0 Å². The summed E-state index contributed by atoms with van der Waals surface area (Å²) >= 11 is 0. The molecule has 0 atom stereocenters. The lowest BCUT2D eigenvalue weighted by Gasteiger charge is -2.08. The molecule has 0 unspecified atom stereocenters. The van der Waals surface area contributed by atoms with Gasteiger partial charge in [0.25, 0.3) is 0 Å². The van der Waals surface area contributed by atoms with Crippen LogP contribution in [0.25, 0.3) is 0 Å². The van der Waals surface area contributed by atoms with Crippen molar-refractivity contribution in [3.8, 4) is 0 Å². The molecule has 0 heterocycles. The van der Waals surface area contributed by atoms with E-state index in [1.54, 1.807) is 19.9 Å². The molecule has 8 heavy (non-hydrogen) atoms. The largest absolute Gasteiger partial charge is 0.392 e. The van der Waals surface area contributed by atoms with Crippen molar-refractivity contribution in [3.63, 3.8) is 0 Å². The minimum atomic E-state index is -0.789. The topological polar surface area (TPSA) is 40.5 Å². The molecule has 0 spiro atoms. The molecule has 2 N–H and O–H groups in total. The zero-order valence-electron chi connectivity index (χ0n) is 5.26. The molecule has 0 radical (unpaired) electrons. The molecule has 0 aliphatic heterocycles. The van der Waals surface area contributed by atoms with Gasteiger partial charge in [0.1, 0.15) is 0 Å². The highest BCUT2D eigenvalue weighted by atomic mass is 16.3. The molecule has 0 aromatic heterocycles. The first-order valence-electron chi connectivity index (χ1n) is 2.57. The Labute approximate surface area is 49.5 Å². The maximum absolute atomic E-state index is 8.95. The van der Waals surface area contributed by atoms with Crippen molar-refractivity contribution < 1.29 is 10.2 Å². The number of rotatable bonds is 2. The highest BCUT2D eigenvalue weighted by Crippen LogP contribution is 2.00. The van der Waals surface area contributed by atoms with E-state index in [9.17, 15) is 0 Å². The zero-order chi connectivity index (χ0) is 6.62. The number of hydrogen-bond acceptors (Lipinski definition) is 2. The molecule has 0 amide bonds. The molecule has 0 saturated carbocycles. The van der Waals surface area contributed by atoms with Crippen molar-refractivity contribution in [2.24, 2.45) is 0 Å². The van der Waals surface area contributed by atoms with Gasteiger partial charge in [-0.1, -0.05) is 12.2 Å². The first-order chi connectivity index (χ1) is 3.56. The van der Waals surface area contributed by atoms with Gasteiger partial charge in [0.2, 0.25) is 0 Å². The Kier molecular flexibility index (Phi) is 2.72. The maximum atomic E-state index is 8.95. The molecular weight excluding hydrogens is 104 g/mol. The smallest absolute Gasteiger partial charge is 0.0772 e. The summed E-state index contributed by atoms with van der Waals surface area (Å²) in [5, 5.41) is 17.2. The molecule has 48 valence electrons. The fourth-order valence-electron chi connectivity index (χ4n) is 0.341. The number of hydrogen-bond donors (Lipinski definition) is 2. The van der Waals surface area contributed by atoms with Crippen molar-refractivity contribution in [1.29, 1.82) is 0 Å². The van der Waals surface area contributed by atoms with Gasteiger partial charge in [0.15, 0.2) is 0 Å². The summed E-state index contributed by atoms with van der Waals surface area (Å²) < 4.78 is 0. The van der Waals surface area contributed by atoms with Crippen LogP contribution in [0.15, 0.2) is 12.2 Å². The fourth-order valence-corrected chi connectivity index (χ4v) is 0.341. The molecule has 0 aliphatic carbocycles. The Balaban J connectivity index is 3.52. The summed E-state index contributed by atoms with van der Waals surface area (Å²) in [5.74, 6) is 0. The second-order valence-electron chi connectivity index (χ2n) is 2.24. The van der Waals surface area contributed by atoms with E-state index >= 15 is 0 Å². The first-order valence-corrected chi connectivity index (χ1v) is 2.57. The van der Waals surface area contributed by atoms with Crippen molar-refractivity contribution in [2.45, 2.75) is 19.4 Å². The van der Waals surface area contributed by atoms with E-state index in [0.29, 0.717) is 0 Å². The monoisotopic (exact) mass is 116 g/mol. The normalized spacial score (nSPS) is 13.0. The second kappa shape index (κ2) is 2.84. The highest BCUT2D eigenvalue weighted by Gasteiger charge is 2.04. The van der Waals surface area contributed by atoms with Gasteiger partial charge < -0.3 is 10.2 Å². The average Bonchev–Trinajstić information content (AvgIpc) is 1.59. The van der Waals surface area contributed by atoms with Gasteiger partial charge >= 0.3 is 0 Å². The van der Waals surface area contributed by atoms with Crippen molar-refractivity contribution >= 4 is 0 Å². The molecule has 0 aliphatic rings. The van der Waals surface area contributed by atoms with Crippen LogP contribution in [0, 0.1) is 0 Å². The maximum Gasteiger partial charge on any atom is 0.0772 e. The fraction of sp³-hybridized carbons (Fsp3) is 0.667. The predicted octanol–water partition coefficient (Wildman–Crippen LogP) is 0.306. The van der Waals surface area contributed by atoms with Crippen LogP contribution in [0.5, 0.6) is 0 Å². The lowest BCUT2D eigenvalue weighted by molar-refractivity contribution is 0.132. The molecule has 2 nitrogen and oxygen atoms in total. The first kappa shape index (κ1) is 7.66. The summed E-state index contributed by atoms with van der Waals surface area (Å²) in [5.41, 5.74) is -0.789. The van der Waals surface area contributed by atoms with Crippen LogP contribution in [-0.2, 0) is 0 Å². The van der Waals surface area contributed by atoms with Gasteiger partial charge in [-0.15, -0.1) is 0 Å². The average molecular weight is 116 g/mol. The summed E-state index contributed by atoms with van der Waals surface area (Å²) in [6, 6.07) is 0. The van der Waals surface area contributed by atoms with Crippen molar-refractivity contribution in [3.05, 3.63) is 12.2 Å². The molecule has 0 aromatic rings. The summed E-state index contributed by atoms with van der Waals surface area (Å²) in [6.07, 6.45) is 3.06. The molecule has 0 aromatic carbocycles. The Morgan fingerprint density at radius 3 is 2.12 bits per heavy atom. The molecule has 0 fully saturated rings. The standard InChI is InChI=1S/C6H12O2/c1-6(2,8)4-3-5-7/h3-4,7-8H,5H2,1-2H3. The van der Waals surface area contributed by atoms with Crippen LogP contribution in [0.3, 0.4) is 0 Å². The molecule has 0 rings (SSSR count). The van der Waals surface area contributed by atoms with Gasteiger partial charge in [-0.25, -0.2) is 0 Å². The van der Waals surface area contributed by atoms with E-state index in [0.717, 1.165) is 0 Å². The highest BCUT2D eigenvalue weighted by molar-refractivity contribution is 4.94. The predicted molar refractivity (Wildman–Crippen MR) is 32.5 cm³/mol. The van der Waals surface area contributed by atoms with Crippen LogP contribution in [0.1, 0.15) is 13.8 Å².